The fourth-order valence-corrected chi connectivity index (χ4v) is 1.96. The van der Waals surface area contributed by atoms with Crippen molar-refractivity contribution in [1.29, 1.82) is 0 Å². The van der Waals surface area contributed by atoms with Gasteiger partial charge in [0.05, 0.1) is 20.3 Å². The summed E-state index contributed by atoms with van der Waals surface area (Å²) in [6.07, 6.45) is -1.40. The van der Waals surface area contributed by atoms with Crippen LogP contribution < -0.4 is 5.43 Å². The van der Waals surface area contributed by atoms with E-state index in [4.69, 9.17) is 9.84 Å². The Balaban J connectivity index is 2.08. The van der Waals surface area contributed by atoms with Gasteiger partial charge in [-0.05, 0) is 5.56 Å². The first-order valence-corrected chi connectivity index (χ1v) is 6.07. The van der Waals surface area contributed by atoms with Crippen molar-refractivity contribution >= 4 is 18.0 Å². The molecule has 0 saturated carbocycles. The maximum Gasteiger partial charge on any atom is 0.423 e. The van der Waals surface area contributed by atoms with Crippen molar-refractivity contribution in [2.75, 3.05) is 13.7 Å². The van der Waals surface area contributed by atoms with Crippen LogP contribution in [-0.4, -0.2) is 47.3 Å². The molecule has 1 aromatic rings. The molecule has 1 saturated heterocycles. The van der Waals surface area contributed by atoms with Gasteiger partial charge in [0.15, 0.2) is 0 Å². The van der Waals surface area contributed by atoms with Crippen molar-refractivity contribution in [1.82, 2.24) is 10.4 Å². The predicted molar refractivity (Wildman–Crippen MR) is 68.9 cm³/mol. The number of hydrogen-bond donors (Lipinski definition) is 2. The molecule has 1 aliphatic heterocycles. The predicted octanol–water partition coefficient (Wildman–Crippen LogP) is 0.140. The highest BCUT2D eigenvalue weighted by molar-refractivity contribution is 6.11. The molecule has 0 aromatic heterocycles. The second-order valence-corrected chi connectivity index (χ2v) is 4.40. The molecule has 0 spiro atoms. The molecule has 2 rings (SSSR count). The van der Waals surface area contributed by atoms with Gasteiger partial charge in [0.25, 0.3) is 11.5 Å². The lowest BCUT2D eigenvalue weighted by molar-refractivity contribution is -0.208. The number of hydrazine groups is 1. The highest BCUT2D eigenvalue weighted by Crippen LogP contribution is 2.28. The number of rotatable bonds is 5. The molecule has 2 amide bonds. The summed E-state index contributed by atoms with van der Waals surface area (Å²) in [7, 11) is 1.14. The van der Waals surface area contributed by atoms with Crippen molar-refractivity contribution in [3.63, 3.8) is 0 Å². The van der Waals surface area contributed by atoms with E-state index in [1.165, 1.54) is 0 Å². The average molecular weight is 294 g/mol. The van der Waals surface area contributed by atoms with Crippen LogP contribution in [0.2, 0.25) is 0 Å². The number of nitrogens with one attached hydrogen (secondary N) is 1. The molecule has 1 unspecified atom stereocenters. The van der Waals surface area contributed by atoms with E-state index < -0.39 is 23.6 Å². The first-order valence-electron chi connectivity index (χ1n) is 6.07. The molecular weight excluding hydrogens is 280 g/mol. The summed E-state index contributed by atoms with van der Waals surface area (Å²) in [5.41, 5.74) is 0.851. The van der Waals surface area contributed by atoms with Crippen LogP contribution in [0.25, 0.3) is 0 Å². The number of esters is 1. The zero-order valence-corrected chi connectivity index (χ0v) is 11.2. The number of ether oxygens (including phenoxy) is 2. The fourth-order valence-electron chi connectivity index (χ4n) is 1.96. The van der Waals surface area contributed by atoms with Crippen LogP contribution in [0.5, 0.6) is 0 Å². The molecule has 1 aromatic carbocycles. The van der Waals surface area contributed by atoms with E-state index in [9.17, 15) is 14.4 Å². The molecule has 1 aliphatic rings. The van der Waals surface area contributed by atoms with Crippen LogP contribution in [0.3, 0.4) is 0 Å². The zero-order valence-electron chi connectivity index (χ0n) is 11.2. The summed E-state index contributed by atoms with van der Waals surface area (Å²) in [5, 5.41) is 9.36. The van der Waals surface area contributed by atoms with E-state index in [0.29, 0.717) is 0 Å². The number of benzene rings is 1. The monoisotopic (exact) mass is 294 g/mol. The van der Waals surface area contributed by atoms with E-state index in [2.05, 4.69) is 4.74 Å². The Bertz CT molecular complexity index is 561. The Hall–Kier alpha value is -2.61. The van der Waals surface area contributed by atoms with Crippen molar-refractivity contribution < 1.29 is 29.0 Å². The largest absolute Gasteiger partial charge is 0.466 e. The van der Waals surface area contributed by atoms with Crippen LogP contribution in [0.15, 0.2) is 30.3 Å². The number of β-lactam (4-membered cyclic amide) rings is 1. The Morgan fingerprint density at radius 3 is 2.57 bits per heavy atom. The standard InChI is InChI=1S/C13H14N2O6/c1-20-11(17)13(8-15(10(13)16)14-12(18)19)21-7-9-5-3-2-4-6-9/h2-6,14H,7-8H2,1H3,(H,18,19). The highest BCUT2D eigenvalue weighted by Gasteiger charge is 2.61. The molecule has 8 heteroatoms. The van der Waals surface area contributed by atoms with Crippen LogP contribution in [-0.2, 0) is 25.7 Å². The van der Waals surface area contributed by atoms with E-state index in [1.807, 2.05) is 11.5 Å². The van der Waals surface area contributed by atoms with E-state index in [1.54, 1.807) is 24.3 Å². The summed E-state index contributed by atoms with van der Waals surface area (Å²) >= 11 is 0. The fraction of sp³-hybridized carbons (Fsp3) is 0.308. The maximum atomic E-state index is 12.0. The SMILES string of the molecule is COC(=O)C1(OCc2ccccc2)CN(NC(=O)O)C1=O. The molecule has 112 valence electrons. The number of methoxy groups -OCH3 is 1. The number of carboxylic acid groups (broad SMARTS) is 1. The number of carbonyl (C=O) groups excluding carboxylic acids is 2. The van der Waals surface area contributed by atoms with Crippen LogP contribution in [0.1, 0.15) is 5.56 Å². The second-order valence-electron chi connectivity index (χ2n) is 4.40. The van der Waals surface area contributed by atoms with Crippen LogP contribution >= 0.6 is 0 Å². The third-order valence-electron chi connectivity index (χ3n) is 3.05. The van der Waals surface area contributed by atoms with Crippen molar-refractivity contribution in [3.05, 3.63) is 35.9 Å². The Morgan fingerprint density at radius 1 is 1.38 bits per heavy atom. The molecule has 0 bridgehead atoms. The summed E-state index contributed by atoms with van der Waals surface area (Å²) in [6.45, 7) is -0.208. The molecular formula is C13H14N2O6. The summed E-state index contributed by atoms with van der Waals surface area (Å²) in [4.78, 5) is 34.3. The first-order chi connectivity index (χ1) is 9.99. The molecule has 0 radical (unpaired) electrons. The topological polar surface area (TPSA) is 105 Å². The zero-order chi connectivity index (χ0) is 15.5. The first kappa shape index (κ1) is 14.8. The minimum absolute atomic E-state index is 0.0303. The number of amides is 2. The molecule has 0 aliphatic carbocycles. The number of hydrogen-bond acceptors (Lipinski definition) is 5. The van der Waals surface area contributed by atoms with Gasteiger partial charge < -0.3 is 14.6 Å². The lowest BCUT2D eigenvalue weighted by Gasteiger charge is -2.44. The molecule has 1 atom stereocenters. The van der Waals surface area contributed by atoms with Crippen molar-refractivity contribution in [2.24, 2.45) is 0 Å². The van der Waals surface area contributed by atoms with E-state index in [0.717, 1.165) is 17.7 Å². The van der Waals surface area contributed by atoms with Gasteiger partial charge in [-0.2, -0.15) is 0 Å². The molecule has 8 nitrogen and oxygen atoms in total. The third-order valence-corrected chi connectivity index (χ3v) is 3.05. The summed E-state index contributed by atoms with van der Waals surface area (Å²) < 4.78 is 10.0. The maximum absolute atomic E-state index is 12.0. The van der Waals surface area contributed by atoms with Gasteiger partial charge in [0.1, 0.15) is 0 Å². The van der Waals surface area contributed by atoms with Gasteiger partial charge in [-0.1, -0.05) is 30.3 Å². The van der Waals surface area contributed by atoms with Gasteiger partial charge in [-0.25, -0.2) is 20.0 Å². The molecule has 2 N–H and O–H groups in total. The van der Waals surface area contributed by atoms with Gasteiger partial charge >= 0.3 is 12.1 Å². The third kappa shape index (κ3) is 2.79. The van der Waals surface area contributed by atoms with Gasteiger partial charge in [-0.3, -0.25) is 4.79 Å². The summed E-state index contributed by atoms with van der Waals surface area (Å²) in [6, 6.07) is 8.98. The molecule has 1 heterocycles. The smallest absolute Gasteiger partial charge is 0.423 e. The van der Waals surface area contributed by atoms with Crippen molar-refractivity contribution in [2.45, 2.75) is 12.2 Å². The van der Waals surface area contributed by atoms with E-state index in [-0.39, 0.29) is 13.2 Å². The second kappa shape index (κ2) is 5.80. The van der Waals surface area contributed by atoms with Crippen LogP contribution in [0.4, 0.5) is 4.79 Å². The lowest BCUT2D eigenvalue weighted by Crippen LogP contribution is -2.75. The average Bonchev–Trinajstić information content (AvgIpc) is 2.49. The number of carbonyl (C=O) groups is 3. The van der Waals surface area contributed by atoms with Crippen molar-refractivity contribution in [3.8, 4) is 0 Å². The molecule has 1 fully saturated rings. The van der Waals surface area contributed by atoms with Gasteiger partial charge in [0, 0.05) is 0 Å². The Labute approximate surface area is 120 Å². The van der Waals surface area contributed by atoms with Gasteiger partial charge in [0.2, 0.25) is 0 Å². The van der Waals surface area contributed by atoms with Crippen LogP contribution in [0, 0.1) is 0 Å². The Kier molecular flexibility index (Phi) is 4.08. The summed E-state index contributed by atoms with van der Waals surface area (Å²) in [5.74, 6) is -1.65. The normalized spacial score (nSPS) is 20.6. The quantitative estimate of drug-likeness (QED) is 0.454. The number of nitrogens with zero attached hydrogens (tertiary/aromatic N) is 1. The highest BCUT2D eigenvalue weighted by atomic mass is 16.6. The van der Waals surface area contributed by atoms with Gasteiger partial charge in [-0.15, -0.1) is 0 Å². The Morgan fingerprint density at radius 2 is 2.05 bits per heavy atom. The minimum atomic E-state index is -1.80. The molecule has 21 heavy (non-hydrogen) atoms. The minimum Gasteiger partial charge on any atom is -0.466 e. The lowest BCUT2D eigenvalue weighted by atomic mass is 9.94. The van der Waals surface area contributed by atoms with E-state index >= 15 is 0 Å².